The van der Waals surface area contributed by atoms with Crippen LogP contribution < -0.4 is 20.1 Å². The van der Waals surface area contributed by atoms with E-state index in [0.717, 1.165) is 25.7 Å². The molecule has 2 bridgehead atoms. The normalized spacial score (nSPS) is 23.2. The van der Waals surface area contributed by atoms with E-state index < -0.39 is 0 Å². The molecule has 8 heteroatoms. The third kappa shape index (κ3) is 5.67. The molecule has 3 saturated carbocycles. The maximum Gasteiger partial charge on any atom is 0.257 e. The fourth-order valence-electron chi connectivity index (χ4n) is 4.88. The molecule has 2 N–H and O–H groups in total. The zero-order valence-corrected chi connectivity index (χ0v) is 19.2. The fraction of sp³-hybridized carbons (Fsp3) is 0.417. The first kappa shape index (κ1) is 22.7. The van der Waals surface area contributed by atoms with Crippen molar-refractivity contribution in [2.75, 3.05) is 26.3 Å². The van der Waals surface area contributed by atoms with Crippen molar-refractivity contribution in [1.82, 2.24) is 10.6 Å². The van der Waals surface area contributed by atoms with Gasteiger partial charge in [-0.3, -0.25) is 9.59 Å². The molecule has 0 unspecified atom stereocenters. The molecule has 2 amide bonds. The lowest BCUT2D eigenvalue weighted by atomic mass is 9.60. The second-order valence-electron chi connectivity index (χ2n) is 8.89. The summed E-state index contributed by atoms with van der Waals surface area (Å²) in [5.74, 6) is 0.960. The molecule has 0 saturated heterocycles. The molecule has 3 aliphatic carbocycles. The standard InChI is InChI=1S/C24H26Cl2N2O4/c25-17-1-5-19(6-2-17)31-11-21(29)27-15-23-9-10-24(13-23,14-23)16-28-22(30)12-32-20-7-3-18(26)4-8-20/h1-8H,9-16H2,(H,27,29)(H,28,30). The summed E-state index contributed by atoms with van der Waals surface area (Å²) in [5.41, 5.74) is 0.279. The highest BCUT2D eigenvalue weighted by atomic mass is 35.5. The van der Waals surface area contributed by atoms with Gasteiger partial charge in [0.2, 0.25) is 0 Å². The van der Waals surface area contributed by atoms with E-state index in [9.17, 15) is 9.59 Å². The predicted molar refractivity (Wildman–Crippen MR) is 123 cm³/mol. The maximum atomic E-state index is 12.2. The van der Waals surface area contributed by atoms with Crippen LogP contribution in [0, 0.1) is 10.8 Å². The third-order valence-corrected chi connectivity index (χ3v) is 6.88. The Hall–Kier alpha value is -2.44. The van der Waals surface area contributed by atoms with Crippen LogP contribution in [0.3, 0.4) is 0 Å². The Morgan fingerprint density at radius 2 is 1.09 bits per heavy atom. The van der Waals surface area contributed by atoms with Gasteiger partial charge in [-0.1, -0.05) is 23.2 Å². The van der Waals surface area contributed by atoms with E-state index in [1.54, 1.807) is 48.5 Å². The second-order valence-corrected chi connectivity index (χ2v) is 9.77. The van der Waals surface area contributed by atoms with E-state index in [0.29, 0.717) is 34.6 Å². The Kier molecular flexibility index (Phi) is 6.82. The minimum Gasteiger partial charge on any atom is -0.484 e. The van der Waals surface area contributed by atoms with Gasteiger partial charge in [0.05, 0.1) is 0 Å². The van der Waals surface area contributed by atoms with E-state index in [1.165, 1.54) is 0 Å². The van der Waals surface area contributed by atoms with Crippen molar-refractivity contribution in [2.45, 2.75) is 25.7 Å². The Balaban J connectivity index is 1.13. The highest BCUT2D eigenvalue weighted by Crippen LogP contribution is 2.66. The lowest BCUT2D eigenvalue weighted by Crippen LogP contribution is -2.50. The highest BCUT2D eigenvalue weighted by Gasteiger charge is 2.60. The molecular formula is C24H26Cl2N2O4. The Morgan fingerprint density at radius 3 is 1.47 bits per heavy atom. The van der Waals surface area contributed by atoms with Crippen LogP contribution in [0.25, 0.3) is 0 Å². The van der Waals surface area contributed by atoms with Crippen molar-refractivity contribution in [1.29, 1.82) is 0 Å². The number of ether oxygens (including phenoxy) is 2. The molecule has 0 radical (unpaired) electrons. The number of nitrogens with one attached hydrogen (secondary N) is 2. The molecule has 0 heterocycles. The number of hydrogen-bond donors (Lipinski definition) is 2. The number of rotatable bonds is 10. The molecule has 170 valence electrons. The van der Waals surface area contributed by atoms with Crippen molar-refractivity contribution < 1.29 is 19.1 Å². The van der Waals surface area contributed by atoms with Crippen molar-refractivity contribution in [3.63, 3.8) is 0 Å². The van der Waals surface area contributed by atoms with E-state index >= 15 is 0 Å². The first-order valence-electron chi connectivity index (χ1n) is 10.7. The van der Waals surface area contributed by atoms with Gasteiger partial charge in [0, 0.05) is 23.1 Å². The SMILES string of the molecule is O=C(COc1ccc(Cl)cc1)NCC12CCC(CNC(=O)COc3ccc(Cl)cc3)(C1)C2. The van der Waals surface area contributed by atoms with Gasteiger partial charge in [-0.15, -0.1) is 0 Å². The van der Waals surface area contributed by atoms with Crippen LogP contribution in [0.5, 0.6) is 11.5 Å². The quantitative estimate of drug-likeness (QED) is 0.537. The van der Waals surface area contributed by atoms with Crippen LogP contribution in [-0.2, 0) is 9.59 Å². The Bertz CT molecular complexity index is 879. The summed E-state index contributed by atoms with van der Waals surface area (Å²) >= 11 is 11.7. The average molecular weight is 477 g/mol. The Morgan fingerprint density at radius 1 is 0.719 bits per heavy atom. The molecule has 0 aliphatic heterocycles. The van der Waals surface area contributed by atoms with E-state index in [-0.39, 0.29) is 35.9 Å². The lowest BCUT2D eigenvalue weighted by Gasteiger charge is -2.47. The van der Waals surface area contributed by atoms with Gasteiger partial charge < -0.3 is 20.1 Å². The fourth-order valence-corrected chi connectivity index (χ4v) is 5.14. The van der Waals surface area contributed by atoms with Gasteiger partial charge in [-0.25, -0.2) is 0 Å². The van der Waals surface area contributed by atoms with Gasteiger partial charge in [0.1, 0.15) is 11.5 Å². The molecule has 0 spiro atoms. The zero-order chi connectivity index (χ0) is 22.6. The molecule has 0 atom stereocenters. The summed E-state index contributed by atoms with van der Waals surface area (Å²) in [4.78, 5) is 24.3. The number of benzene rings is 2. The topological polar surface area (TPSA) is 76.7 Å². The van der Waals surface area contributed by atoms with Crippen molar-refractivity contribution in [3.05, 3.63) is 58.6 Å². The third-order valence-electron chi connectivity index (χ3n) is 6.37. The van der Waals surface area contributed by atoms with Crippen LogP contribution in [0.2, 0.25) is 10.0 Å². The molecule has 5 rings (SSSR count). The number of fused-ring (bicyclic) bond motifs is 1. The van der Waals surface area contributed by atoms with Crippen LogP contribution >= 0.6 is 23.2 Å². The van der Waals surface area contributed by atoms with Crippen molar-refractivity contribution in [3.8, 4) is 11.5 Å². The summed E-state index contributed by atoms with van der Waals surface area (Å²) in [6.45, 7) is 1.25. The van der Waals surface area contributed by atoms with Gasteiger partial charge in [-0.05, 0) is 85.0 Å². The van der Waals surface area contributed by atoms with Crippen molar-refractivity contribution in [2.24, 2.45) is 10.8 Å². The van der Waals surface area contributed by atoms with Crippen LogP contribution in [0.4, 0.5) is 0 Å². The van der Waals surface area contributed by atoms with E-state index in [4.69, 9.17) is 32.7 Å². The molecular weight excluding hydrogens is 451 g/mol. The zero-order valence-electron chi connectivity index (χ0n) is 17.7. The summed E-state index contributed by atoms with van der Waals surface area (Å²) in [6.07, 6.45) is 4.14. The largest absolute Gasteiger partial charge is 0.484 e. The van der Waals surface area contributed by atoms with E-state index in [2.05, 4.69) is 10.6 Å². The molecule has 3 fully saturated rings. The van der Waals surface area contributed by atoms with Gasteiger partial charge in [0.15, 0.2) is 13.2 Å². The molecule has 32 heavy (non-hydrogen) atoms. The summed E-state index contributed by atoms with van der Waals surface area (Å²) < 4.78 is 11.0. The smallest absolute Gasteiger partial charge is 0.257 e. The number of carbonyl (C=O) groups is 2. The van der Waals surface area contributed by atoms with Gasteiger partial charge in [-0.2, -0.15) is 0 Å². The molecule has 2 aromatic carbocycles. The molecule has 2 aromatic rings. The molecule has 0 aromatic heterocycles. The second kappa shape index (κ2) is 9.59. The van der Waals surface area contributed by atoms with E-state index in [1.807, 2.05) is 0 Å². The number of halogens is 2. The number of amides is 2. The van der Waals surface area contributed by atoms with Crippen molar-refractivity contribution >= 4 is 35.0 Å². The average Bonchev–Trinajstić information content (AvgIpc) is 3.32. The molecule has 6 nitrogen and oxygen atoms in total. The predicted octanol–water partition coefficient (Wildman–Crippen LogP) is 4.24. The van der Waals surface area contributed by atoms with Crippen LogP contribution in [0.15, 0.2) is 48.5 Å². The summed E-state index contributed by atoms with van der Waals surface area (Å²) in [5, 5.41) is 7.26. The Labute approximate surface area is 197 Å². The van der Waals surface area contributed by atoms with Gasteiger partial charge in [0.25, 0.3) is 11.8 Å². The van der Waals surface area contributed by atoms with Crippen LogP contribution in [-0.4, -0.2) is 38.1 Å². The highest BCUT2D eigenvalue weighted by molar-refractivity contribution is 6.30. The maximum absolute atomic E-state index is 12.2. The first-order valence-corrected chi connectivity index (χ1v) is 11.4. The number of hydrogen-bond acceptors (Lipinski definition) is 4. The van der Waals surface area contributed by atoms with Crippen LogP contribution in [0.1, 0.15) is 25.7 Å². The summed E-state index contributed by atoms with van der Waals surface area (Å²) in [6, 6.07) is 13.8. The monoisotopic (exact) mass is 476 g/mol. The minimum absolute atomic E-state index is 0.0213. The van der Waals surface area contributed by atoms with Gasteiger partial charge >= 0.3 is 0 Å². The number of carbonyl (C=O) groups excluding carboxylic acids is 2. The minimum atomic E-state index is -0.133. The summed E-state index contributed by atoms with van der Waals surface area (Å²) in [7, 11) is 0. The molecule has 3 aliphatic rings. The first-order chi connectivity index (χ1) is 15.4. The lowest BCUT2D eigenvalue weighted by molar-refractivity contribution is -0.124.